The first kappa shape index (κ1) is 14.4. The Balaban J connectivity index is 2.09. The molecule has 0 saturated heterocycles. The first-order valence-corrected chi connectivity index (χ1v) is 5.76. The van der Waals surface area contributed by atoms with Crippen molar-refractivity contribution in [1.82, 2.24) is 15.0 Å². The number of aromatic nitrogens is 3. The predicted molar refractivity (Wildman–Crippen MR) is 68.6 cm³/mol. The Bertz CT molecular complexity index is 686. The lowest BCUT2D eigenvalue weighted by Gasteiger charge is -2.05. The molecule has 0 aliphatic carbocycles. The SMILES string of the molecule is COc1ccc(NC(=O)c2cn(CC(=O)O)nn2)cc1F. The van der Waals surface area contributed by atoms with E-state index in [-0.39, 0.29) is 17.1 Å². The molecule has 0 unspecified atom stereocenters. The summed E-state index contributed by atoms with van der Waals surface area (Å²) in [5.41, 5.74) is 0.138. The molecule has 0 atom stereocenters. The van der Waals surface area contributed by atoms with E-state index in [9.17, 15) is 14.0 Å². The van der Waals surface area contributed by atoms with E-state index >= 15 is 0 Å². The molecule has 0 bridgehead atoms. The van der Waals surface area contributed by atoms with Crippen LogP contribution in [0.3, 0.4) is 0 Å². The molecule has 110 valence electrons. The second-order valence-electron chi connectivity index (χ2n) is 4.00. The molecule has 8 nitrogen and oxygen atoms in total. The van der Waals surface area contributed by atoms with Gasteiger partial charge in [-0.3, -0.25) is 9.59 Å². The Morgan fingerprint density at radius 1 is 1.48 bits per heavy atom. The van der Waals surface area contributed by atoms with Crippen molar-refractivity contribution in [3.05, 3.63) is 35.9 Å². The summed E-state index contributed by atoms with van der Waals surface area (Å²) in [6.07, 6.45) is 1.18. The van der Waals surface area contributed by atoms with Gasteiger partial charge in [-0.05, 0) is 12.1 Å². The standard InChI is InChI=1S/C12H11FN4O4/c1-21-10-3-2-7(4-8(10)13)14-12(20)9-5-17(16-15-9)6-11(18)19/h2-5H,6H2,1H3,(H,14,20)(H,18,19). The van der Waals surface area contributed by atoms with Gasteiger partial charge in [0.15, 0.2) is 17.3 Å². The minimum absolute atomic E-state index is 0.0559. The molecule has 2 rings (SSSR count). The number of hydrogen-bond donors (Lipinski definition) is 2. The number of benzene rings is 1. The van der Waals surface area contributed by atoms with Gasteiger partial charge < -0.3 is 15.2 Å². The zero-order valence-corrected chi connectivity index (χ0v) is 10.9. The van der Waals surface area contributed by atoms with Crippen LogP contribution in [0.1, 0.15) is 10.5 Å². The summed E-state index contributed by atoms with van der Waals surface area (Å²) in [5.74, 6) is -2.30. The molecule has 1 aromatic carbocycles. The van der Waals surface area contributed by atoms with E-state index in [0.29, 0.717) is 0 Å². The molecule has 9 heteroatoms. The highest BCUT2D eigenvalue weighted by Crippen LogP contribution is 2.20. The van der Waals surface area contributed by atoms with Gasteiger partial charge in [0.2, 0.25) is 0 Å². The molecule has 0 spiro atoms. The van der Waals surface area contributed by atoms with E-state index in [1.165, 1.54) is 25.4 Å². The summed E-state index contributed by atoms with van der Waals surface area (Å²) < 4.78 is 19.2. The quantitative estimate of drug-likeness (QED) is 0.843. The number of methoxy groups -OCH3 is 1. The number of nitrogens with one attached hydrogen (secondary N) is 1. The van der Waals surface area contributed by atoms with Crippen LogP contribution in [0.15, 0.2) is 24.4 Å². The normalized spacial score (nSPS) is 10.2. The number of ether oxygens (including phenoxy) is 1. The minimum Gasteiger partial charge on any atom is -0.494 e. The Labute approximate surface area is 118 Å². The lowest BCUT2D eigenvalue weighted by atomic mass is 10.3. The number of carboxylic acids is 1. The summed E-state index contributed by atoms with van der Waals surface area (Å²) in [6, 6.07) is 3.92. The van der Waals surface area contributed by atoms with E-state index in [0.717, 1.165) is 10.7 Å². The van der Waals surface area contributed by atoms with Crippen molar-refractivity contribution in [2.75, 3.05) is 12.4 Å². The van der Waals surface area contributed by atoms with Crippen molar-refractivity contribution >= 4 is 17.6 Å². The predicted octanol–water partition coefficient (Wildman–Crippen LogP) is 0.763. The number of carbonyl (C=O) groups is 2. The van der Waals surface area contributed by atoms with E-state index in [4.69, 9.17) is 9.84 Å². The first-order valence-electron chi connectivity index (χ1n) is 5.76. The molecule has 1 amide bonds. The Morgan fingerprint density at radius 3 is 2.86 bits per heavy atom. The van der Waals surface area contributed by atoms with Crippen molar-refractivity contribution in [1.29, 1.82) is 0 Å². The van der Waals surface area contributed by atoms with Gasteiger partial charge in [-0.25, -0.2) is 9.07 Å². The molecule has 0 radical (unpaired) electrons. The fourth-order valence-electron chi connectivity index (χ4n) is 1.56. The Kier molecular flexibility index (Phi) is 4.12. The van der Waals surface area contributed by atoms with Gasteiger partial charge in [-0.2, -0.15) is 0 Å². The third kappa shape index (κ3) is 3.53. The number of carboxylic acid groups (broad SMARTS) is 1. The molecule has 1 aromatic heterocycles. The third-order valence-corrected chi connectivity index (χ3v) is 2.48. The highest BCUT2D eigenvalue weighted by Gasteiger charge is 2.13. The number of anilines is 1. The van der Waals surface area contributed by atoms with Gasteiger partial charge in [0.1, 0.15) is 6.54 Å². The molecule has 1 heterocycles. The van der Waals surface area contributed by atoms with Crippen molar-refractivity contribution in [2.45, 2.75) is 6.54 Å². The first-order chi connectivity index (χ1) is 9.99. The smallest absolute Gasteiger partial charge is 0.325 e. The van der Waals surface area contributed by atoms with Crippen molar-refractivity contribution < 1.29 is 23.8 Å². The average Bonchev–Trinajstić information content (AvgIpc) is 2.86. The molecule has 0 fully saturated rings. The number of rotatable bonds is 5. The summed E-state index contributed by atoms with van der Waals surface area (Å²) in [6.45, 7) is -0.405. The largest absolute Gasteiger partial charge is 0.494 e. The monoisotopic (exact) mass is 294 g/mol. The number of hydrogen-bond acceptors (Lipinski definition) is 5. The third-order valence-electron chi connectivity index (χ3n) is 2.48. The highest BCUT2D eigenvalue weighted by molar-refractivity contribution is 6.02. The summed E-state index contributed by atoms with van der Waals surface area (Å²) in [5, 5.41) is 18.0. The summed E-state index contributed by atoms with van der Waals surface area (Å²) in [7, 11) is 1.33. The van der Waals surface area contributed by atoms with Crippen molar-refractivity contribution in [3.63, 3.8) is 0 Å². The highest BCUT2D eigenvalue weighted by atomic mass is 19.1. The van der Waals surface area contributed by atoms with Gasteiger partial charge in [-0.15, -0.1) is 5.10 Å². The zero-order chi connectivity index (χ0) is 15.4. The van der Waals surface area contributed by atoms with Gasteiger partial charge >= 0.3 is 5.97 Å². The van der Waals surface area contributed by atoms with Crippen LogP contribution in [0.5, 0.6) is 5.75 Å². The molecule has 21 heavy (non-hydrogen) atoms. The fourth-order valence-corrected chi connectivity index (χ4v) is 1.56. The molecule has 2 aromatic rings. The van der Waals surface area contributed by atoms with Crippen LogP contribution >= 0.6 is 0 Å². The maximum Gasteiger partial charge on any atom is 0.325 e. The maximum absolute atomic E-state index is 13.5. The lowest BCUT2D eigenvalue weighted by molar-refractivity contribution is -0.137. The van der Waals surface area contributed by atoms with E-state index in [1.807, 2.05) is 0 Å². The number of amides is 1. The van der Waals surface area contributed by atoms with E-state index < -0.39 is 24.2 Å². The molecule has 0 saturated carbocycles. The number of halogens is 1. The number of aliphatic carboxylic acids is 1. The van der Waals surface area contributed by atoms with Crippen LogP contribution in [-0.2, 0) is 11.3 Å². The average molecular weight is 294 g/mol. The zero-order valence-electron chi connectivity index (χ0n) is 10.9. The Morgan fingerprint density at radius 2 is 2.24 bits per heavy atom. The van der Waals surface area contributed by atoms with Crippen molar-refractivity contribution in [2.24, 2.45) is 0 Å². The lowest BCUT2D eigenvalue weighted by Crippen LogP contribution is -2.13. The molecular weight excluding hydrogens is 283 g/mol. The van der Waals surface area contributed by atoms with Gasteiger partial charge in [-0.1, -0.05) is 5.21 Å². The topological polar surface area (TPSA) is 106 Å². The molecule has 0 aliphatic rings. The van der Waals surface area contributed by atoms with Crippen LogP contribution in [0, 0.1) is 5.82 Å². The Hall–Kier alpha value is -2.97. The van der Waals surface area contributed by atoms with Crippen LogP contribution < -0.4 is 10.1 Å². The number of carbonyl (C=O) groups excluding carboxylic acids is 1. The van der Waals surface area contributed by atoms with Gasteiger partial charge in [0.25, 0.3) is 5.91 Å². The van der Waals surface area contributed by atoms with Gasteiger partial charge in [0, 0.05) is 11.8 Å². The molecule has 2 N–H and O–H groups in total. The second-order valence-corrected chi connectivity index (χ2v) is 4.00. The van der Waals surface area contributed by atoms with Crippen LogP contribution in [0.2, 0.25) is 0 Å². The fraction of sp³-hybridized carbons (Fsp3) is 0.167. The minimum atomic E-state index is -1.11. The summed E-state index contributed by atoms with van der Waals surface area (Å²) >= 11 is 0. The van der Waals surface area contributed by atoms with Crippen LogP contribution in [-0.4, -0.2) is 39.1 Å². The van der Waals surface area contributed by atoms with Crippen LogP contribution in [0.25, 0.3) is 0 Å². The van der Waals surface area contributed by atoms with E-state index in [2.05, 4.69) is 15.6 Å². The van der Waals surface area contributed by atoms with Crippen molar-refractivity contribution in [3.8, 4) is 5.75 Å². The second kappa shape index (κ2) is 5.99. The molecule has 0 aliphatic heterocycles. The van der Waals surface area contributed by atoms with E-state index in [1.54, 1.807) is 0 Å². The number of nitrogens with zero attached hydrogens (tertiary/aromatic N) is 3. The van der Waals surface area contributed by atoms with Crippen LogP contribution in [0.4, 0.5) is 10.1 Å². The molecular formula is C12H11FN4O4. The maximum atomic E-state index is 13.5. The summed E-state index contributed by atoms with van der Waals surface area (Å²) in [4.78, 5) is 22.3. The van der Waals surface area contributed by atoms with Gasteiger partial charge in [0.05, 0.1) is 13.3 Å².